The van der Waals surface area contributed by atoms with Gasteiger partial charge in [0.2, 0.25) is 0 Å². The zero-order chi connectivity index (χ0) is 0. The van der Waals surface area contributed by atoms with Crippen molar-refractivity contribution in [1.82, 2.24) is 0 Å². The number of rotatable bonds is 0. The molecule has 0 rings (SSSR count). The Bertz CT molecular complexity index is 7.51. The van der Waals surface area contributed by atoms with E-state index in [1.54, 1.807) is 0 Å². The van der Waals surface area contributed by atoms with Crippen LogP contribution in [0.3, 0.4) is 0 Å². The van der Waals surface area contributed by atoms with Crippen molar-refractivity contribution in [3.8, 4) is 0 Å². The molecule has 0 nitrogen and oxygen atoms in total. The standard InChI is InChI=1S/Fe.4S.V/q+3;4*-2;+5. The van der Waals surface area contributed by atoms with Gasteiger partial charge in [-0.2, -0.15) is 0 Å². The molecule has 0 atom stereocenters. The van der Waals surface area contributed by atoms with Crippen molar-refractivity contribution in [3.63, 3.8) is 0 Å². The molecule has 0 heterocycles. The normalized spacial score (nSPS) is 0. The minimum atomic E-state index is 0. The molecular weight excluding hydrogens is 235 g/mol. The summed E-state index contributed by atoms with van der Waals surface area (Å²) in [5.41, 5.74) is 0. The van der Waals surface area contributed by atoms with Crippen LogP contribution in [-0.2, 0) is 89.6 Å². The molecule has 6 heavy (non-hydrogen) atoms. The third kappa shape index (κ3) is 31.4. The Morgan fingerprint density at radius 1 is 0.500 bits per heavy atom. The molecule has 0 aliphatic heterocycles. The summed E-state index contributed by atoms with van der Waals surface area (Å²) in [6, 6.07) is 0. The molecule has 0 unspecified atom stereocenters. The van der Waals surface area contributed by atoms with Gasteiger partial charge in [0, 0.05) is 0 Å². The van der Waals surface area contributed by atoms with Crippen molar-refractivity contribution >= 4 is 54.0 Å². The molecule has 0 fully saturated rings. The Morgan fingerprint density at radius 2 is 0.500 bits per heavy atom. The van der Waals surface area contributed by atoms with E-state index >= 15 is 0 Å². The fourth-order valence-electron chi connectivity index (χ4n) is 0. The van der Waals surface area contributed by atoms with E-state index in [4.69, 9.17) is 0 Å². The molecule has 37 valence electrons. The third-order valence-electron chi connectivity index (χ3n) is 0. The first-order valence-corrected chi connectivity index (χ1v) is 0. The van der Waals surface area contributed by atoms with Gasteiger partial charge in [0.1, 0.15) is 0 Å². The molecule has 6 heteroatoms. The van der Waals surface area contributed by atoms with Gasteiger partial charge in [-0.3, -0.25) is 0 Å². The van der Waals surface area contributed by atoms with Crippen molar-refractivity contribution in [2.75, 3.05) is 0 Å². The van der Waals surface area contributed by atoms with Crippen LogP contribution < -0.4 is 0 Å². The molecular formula is FeS4V. The Labute approximate surface area is 88.7 Å². The van der Waals surface area contributed by atoms with Crippen LogP contribution in [0.1, 0.15) is 0 Å². The Kier molecular flexibility index (Phi) is 644. The molecule has 0 aliphatic carbocycles. The fourth-order valence-corrected chi connectivity index (χ4v) is 0. The fraction of sp³-hybridized carbons (Fsp3) is 0. The van der Waals surface area contributed by atoms with Gasteiger partial charge in [-0.1, -0.05) is 0 Å². The van der Waals surface area contributed by atoms with Gasteiger partial charge < -0.3 is 54.0 Å². The zero-order valence-electron chi connectivity index (χ0n) is 2.43. The Hall–Kier alpha value is 2.50. The van der Waals surface area contributed by atoms with E-state index < -0.39 is 0 Å². The SMILES string of the molecule is [Fe+3].[S-2].[S-2].[S-2].[S-2].[V+5]. The average Bonchev–Trinajstić information content (AvgIpc) is 0. The summed E-state index contributed by atoms with van der Waals surface area (Å²) in [5.74, 6) is 0. The molecule has 0 saturated heterocycles. The average molecular weight is 235 g/mol. The quantitative estimate of drug-likeness (QED) is 0.518. The Morgan fingerprint density at radius 3 is 0.500 bits per heavy atom. The number of hydrogen-bond acceptors (Lipinski definition) is 0. The second-order valence-corrected chi connectivity index (χ2v) is 0. The molecule has 0 spiro atoms. The molecule has 0 bridgehead atoms. The van der Waals surface area contributed by atoms with Crippen LogP contribution in [0.15, 0.2) is 0 Å². The summed E-state index contributed by atoms with van der Waals surface area (Å²) in [6.45, 7) is 0. The van der Waals surface area contributed by atoms with E-state index in [1.165, 1.54) is 0 Å². The first-order valence-electron chi connectivity index (χ1n) is 0. The second-order valence-electron chi connectivity index (χ2n) is 0. The zero-order valence-corrected chi connectivity index (χ0v) is 8.20. The van der Waals surface area contributed by atoms with E-state index in [1.807, 2.05) is 0 Å². The predicted octanol–water partition coefficient (Wildman–Crippen LogP) is -0.0146. The molecule has 0 aromatic rings. The van der Waals surface area contributed by atoms with Gasteiger partial charge in [-0.05, 0) is 0 Å². The maximum absolute atomic E-state index is 0. The summed E-state index contributed by atoms with van der Waals surface area (Å²) >= 11 is 0. The summed E-state index contributed by atoms with van der Waals surface area (Å²) < 4.78 is 0. The minimum Gasteiger partial charge on any atom is -2.00 e. The van der Waals surface area contributed by atoms with Crippen molar-refractivity contribution in [2.45, 2.75) is 0 Å². The van der Waals surface area contributed by atoms with Crippen molar-refractivity contribution < 1.29 is 35.6 Å². The van der Waals surface area contributed by atoms with Crippen LogP contribution in [0.2, 0.25) is 0 Å². The van der Waals surface area contributed by atoms with Gasteiger partial charge in [-0.25, -0.2) is 0 Å². The van der Waals surface area contributed by atoms with Gasteiger partial charge >= 0.3 is 35.6 Å². The summed E-state index contributed by atoms with van der Waals surface area (Å²) in [7, 11) is 0. The van der Waals surface area contributed by atoms with Crippen LogP contribution in [0, 0.1) is 0 Å². The van der Waals surface area contributed by atoms with E-state index in [0.29, 0.717) is 0 Å². The number of hydrogen-bond donors (Lipinski definition) is 0. The largest absolute Gasteiger partial charge is 5.00 e. The molecule has 0 N–H and O–H groups in total. The van der Waals surface area contributed by atoms with Crippen LogP contribution in [0.25, 0.3) is 0 Å². The molecule has 0 saturated carbocycles. The minimum absolute atomic E-state index is 0. The first-order chi connectivity index (χ1) is 0. The van der Waals surface area contributed by atoms with Crippen LogP contribution >= 0.6 is 0 Å². The van der Waals surface area contributed by atoms with Gasteiger partial charge in [0.25, 0.3) is 0 Å². The van der Waals surface area contributed by atoms with E-state index in [-0.39, 0.29) is 89.6 Å². The van der Waals surface area contributed by atoms with E-state index in [2.05, 4.69) is 0 Å². The van der Waals surface area contributed by atoms with E-state index in [0.717, 1.165) is 0 Å². The van der Waals surface area contributed by atoms with Crippen LogP contribution in [-0.4, -0.2) is 0 Å². The summed E-state index contributed by atoms with van der Waals surface area (Å²) in [4.78, 5) is 0. The summed E-state index contributed by atoms with van der Waals surface area (Å²) in [5, 5.41) is 0. The third-order valence-corrected chi connectivity index (χ3v) is 0. The van der Waals surface area contributed by atoms with Crippen molar-refractivity contribution in [1.29, 1.82) is 0 Å². The van der Waals surface area contributed by atoms with Gasteiger partial charge in [0.15, 0.2) is 0 Å². The molecule has 0 aliphatic rings. The van der Waals surface area contributed by atoms with Gasteiger partial charge in [-0.15, -0.1) is 0 Å². The summed E-state index contributed by atoms with van der Waals surface area (Å²) in [6.07, 6.45) is 0. The maximum Gasteiger partial charge on any atom is 5.00 e. The van der Waals surface area contributed by atoms with Crippen molar-refractivity contribution in [2.24, 2.45) is 0 Å². The van der Waals surface area contributed by atoms with Crippen LogP contribution in [0.4, 0.5) is 0 Å². The molecule has 0 aromatic carbocycles. The van der Waals surface area contributed by atoms with E-state index in [9.17, 15) is 0 Å². The van der Waals surface area contributed by atoms with Crippen molar-refractivity contribution in [3.05, 3.63) is 0 Å². The maximum atomic E-state index is 0. The smallest absolute Gasteiger partial charge is 2.00 e. The molecule has 0 aromatic heterocycles. The second kappa shape index (κ2) is 50.6. The topological polar surface area (TPSA) is 0 Å². The molecule has 0 amide bonds. The van der Waals surface area contributed by atoms with Gasteiger partial charge in [0.05, 0.1) is 0 Å². The monoisotopic (exact) mass is 235 g/mol. The molecule has 1 radical (unpaired) electrons. The predicted molar refractivity (Wildman–Crippen MR) is 29.5 cm³/mol. The first kappa shape index (κ1) is 76.4. The van der Waals surface area contributed by atoms with Crippen LogP contribution in [0.5, 0.6) is 0 Å². The Balaban J connectivity index is 0.